The van der Waals surface area contributed by atoms with Gasteiger partial charge in [0.1, 0.15) is 11.7 Å². The molecule has 188 valence electrons. The molecule has 1 aliphatic rings. The maximum absolute atomic E-state index is 14.7. The van der Waals surface area contributed by atoms with Crippen molar-refractivity contribution in [2.45, 2.75) is 31.4 Å². The number of carbonyl (C=O) groups is 2. The summed E-state index contributed by atoms with van der Waals surface area (Å²) in [7, 11) is 0. The number of amides is 1. The van der Waals surface area contributed by atoms with Gasteiger partial charge in [-0.3, -0.25) is 10.0 Å². The van der Waals surface area contributed by atoms with E-state index in [9.17, 15) is 32.4 Å². The van der Waals surface area contributed by atoms with Crippen molar-refractivity contribution in [3.8, 4) is 11.1 Å². The Labute approximate surface area is 207 Å². The van der Waals surface area contributed by atoms with Gasteiger partial charge in [-0.1, -0.05) is 24.4 Å². The maximum atomic E-state index is 14.7. The van der Waals surface area contributed by atoms with Crippen LogP contribution in [0.3, 0.4) is 0 Å². The van der Waals surface area contributed by atoms with E-state index in [0.29, 0.717) is 22.9 Å². The molecule has 1 fully saturated rings. The molecule has 3 aromatic rings. The third kappa shape index (κ3) is 5.43. The summed E-state index contributed by atoms with van der Waals surface area (Å²) >= 11 is 5.72. The summed E-state index contributed by atoms with van der Waals surface area (Å²) in [6.45, 7) is 0. The van der Waals surface area contributed by atoms with E-state index in [4.69, 9.17) is 16.7 Å². The Morgan fingerprint density at radius 1 is 1.08 bits per heavy atom. The van der Waals surface area contributed by atoms with Gasteiger partial charge in [0.2, 0.25) is 17.8 Å². The topological polar surface area (TPSA) is 90.5 Å². The molecule has 0 bridgehead atoms. The van der Waals surface area contributed by atoms with Crippen LogP contribution in [0.2, 0.25) is 5.02 Å². The molecule has 0 saturated heterocycles. The Bertz CT molecular complexity index is 1320. The molecule has 1 atom stereocenters. The Hall–Kier alpha value is -3.66. The Kier molecular flexibility index (Phi) is 6.90. The quantitative estimate of drug-likeness (QED) is 0.204. The number of hydrogen-bond acceptors (Lipinski definition) is 3. The number of hydrogen-bond donors (Lipinski definition) is 3. The van der Waals surface area contributed by atoms with Gasteiger partial charge in [0.25, 0.3) is 0 Å². The van der Waals surface area contributed by atoms with Crippen LogP contribution in [-0.2, 0) is 11.0 Å². The summed E-state index contributed by atoms with van der Waals surface area (Å²) in [6, 6.07) is 9.44. The van der Waals surface area contributed by atoms with Crippen molar-refractivity contribution in [2.75, 3.05) is 5.32 Å². The highest BCUT2D eigenvalue weighted by Gasteiger charge is 2.39. The number of alkyl halides is 3. The van der Waals surface area contributed by atoms with Crippen molar-refractivity contribution < 1.29 is 42.2 Å². The number of rotatable bonds is 7. The molecule has 4 rings (SSSR count). The van der Waals surface area contributed by atoms with Gasteiger partial charge >= 0.3 is 12.1 Å². The van der Waals surface area contributed by atoms with Gasteiger partial charge in [-0.05, 0) is 54.8 Å². The van der Waals surface area contributed by atoms with Gasteiger partial charge in [-0.2, -0.15) is 13.2 Å². The van der Waals surface area contributed by atoms with Crippen molar-refractivity contribution >= 4 is 29.2 Å². The Balaban J connectivity index is 1.67. The van der Waals surface area contributed by atoms with Crippen LogP contribution in [0, 0.1) is 11.7 Å². The first kappa shape index (κ1) is 25.4. The smallest absolute Gasteiger partial charge is 0.417 e. The number of halogens is 5. The van der Waals surface area contributed by atoms with E-state index >= 15 is 0 Å². The number of aromatic carboxylic acids is 1. The highest BCUT2D eigenvalue weighted by Crippen LogP contribution is 2.41. The molecule has 1 heterocycles. The van der Waals surface area contributed by atoms with Gasteiger partial charge in [0, 0.05) is 22.0 Å². The number of aromatic nitrogens is 1. The maximum Gasteiger partial charge on any atom is 0.417 e. The van der Waals surface area contributed by atoms with Crippen molar-refractivity contribution in [1.29, 1.82) is 0 Å². The fraction of sp³-hybridized carbons (Fsp3) is 0.240. The molecule has 0 aliphatic heterocycles. The number of carboxylic acid groups (broad SMARTS) is 1. The summed E-state index contributed by atoms with van der Waals surface area (Å²) < 4.78 is 55.8. The van der Waals surface area contributed by atoms with Gasteiger partial charge in [0.05, 0.1) is 21.7 Å². The summed E-state index contributed by atoms with van der Waals surface area (Å²) in [5.74, 6) is -3.54. The number of nitrogens with one attached hydrogen (secondary N) is 1. The fourth-order valence-electron chi connectivity index (χ4n) is 3.97. The lowest BCUT2D eigenvalue weighted by Gasteiger charge is -2.16. The van der Waals surface area contributed by atoms with Crippen LogP contribution < -0.4 is 10.0 Å². The average molecular weight is 524 g/mol. The summed E-state index contributed by atoms with van der Waals surface area (Å²) in [6.07, 6.45) is -1.80. The van der Waals surface area contributed by atoms with Crippen LogP contribution >= 0.6 is 11.6 Å². The van der Waals surface area contributed by atoms with Crippen LogP contribution in [0.15, 0.2) is 54.7 Å². The normalized spacial score (nSPS) is 14.4. The molecule has 1 amide bonds. The van der Waals surface area contributed by atoms with E-state index in [1.165, 1.54) is 36.4 Å². The average Bonchev–Trinajstić information content (AvgIpc) is 3.63. The fourth-order valence-corrected chi connectivity index (χ4v) is 4.13. The molecule has 2 aromatic carbocycles. The van der Waals surface area contributed by atoms with Crippen LogP contribution in [0.5, 0.6) is 0 Å². The van der Waals surface area contributed by atoms with Crippen molar-refractivity contribution in [3.05, 3.63) is 82.4 Å². The molecule has 1 unspecified atom stereocenters. The molecule has 0 spiro atoms. The number of anilines is 1. The second-order valence-corrected chi connectivity index (χ2v) is 8.98. The minimum absolute atomic E-state index is 0.0396. The van der Waals surface area contributed by atoms with Gasteiger partial charge < -0.3 is 10.4 Å². The highest BCUT2D eigenvalue weighted by molar-refractivity contribution is 6.31. The Morgan fingerprint density at radius 3 is 2.31 bits per heavy atom. The molecule has 11 heteroatoms. The predicted octanol–water partition coefficient (Wildman–Crippen LogP) is 5.91. The lowest BCUT2D eigenvalue weighted by atomic mass is 9.94. The standard InChI is InChI=1S/C25H19ClF4N2O4/c26-19-9-8-18(25(28,29)30)21(22(19)27)15-5-10-20(32(36)12-15)17(11-13-1-2-13)23(33)31-16-6-3-14(4-7-16)24(34)35/h3-10,12-13,17H,1-2,11H2,(H2-,31,33,34,35,36)/p+1. The first-order valence-corrected chi connectivity index (χ1v) is 11.3. The van der Waals surface area contributed by atoms with Crippen LogP contribution in [0.25, 0.3) is 11.1 Å². The number of pyridine rings is 1. The van der Waals surface area contributed by atoms with E-state index < -0.39 is 45.9 Å². The zero-order valence-electron chi connectivity index (χ0n) is 18.5. The van der Waals surface area contributed by atoms with E-state index in [-0.39, 0.29) is 22.7 Å². The Morgan fingerprint density at radius 2 is 1.75 bits per heavy atom. The zero-order chi connectivity index (χ0) is 26.2. The minimum Gasteiger partial charge on any atom is -0.478 e. The van der Waals surface area contributed by atoms with Crippen molar-refractivity contribution in [3.63, 3.8) is 0 Å². The highest BCUT2D eigenvalue weighted by atomic mass is 35.5. The molecule has 0 radical (unpaired) electrons. The molecule has 3 N–H and O–H groups in total. The van der Waals surface area contributed by atoms with Gasteiger partial charge in [-0.15, -0.1) is 0 Å². The van der Waals surface area contributed by atoms with Crippen molar-refractivity contribution in [2.24, 2.45) is 5.92 Å². The van der Waals surface area contributed by atoms with Crippen LogP contribution in [-0.4, -0.2) is 22.2 Å². The second-order valence-electron chi connectivity index (χ2n) is 8.57. The number of carboxylic acids is 1. The third-order valence-corrected chi connectivity index (χ3v) is 6.28. The molecule has 1 aliphatic carbocycles. The summed E-state index contributed by atoms with van der Waals surface area (Å²) in [4.78, 5) is 24.1. The third-order valence-electron chi connectivity index (χ3n) is 5.99. The van der Waals surface area contributed by atoms with E-state index in [1.807, 2.05) is 0 Å². The van der Waals surface area contributed by atoms with Crippen LogP contribution in [0.1, 0.15) is 46.8 Å². The molecule has 36 heavy (non-hydrogen) atoms. The molecule has 1 aromatic heterocycles. The number of carbonyl (C=O) groups excluding carboxylic acids is 1. The first-order valence-electron chi connectivity index (χ1n) is 10.9. The van der Waals surface area contributed by atoms with Gasteiger partial charge in [0.15, 0.2) is 0 Å². The van der Waals surface area contributed by atoms with Crippen molar-refractivity contribution in [1.82, 2.24) is 0 Å². The zero-order valence-corrected chi connectivity index (χ0v) is 19.3. The SMILES string of the molecule is O=C(O)c1ccc(NC(=O)C(CC2CC2)c2ccc(-c3c(C(F)(F)F)ccc(Cl)c3F)c[n+]2O)cc1. The minimum atomic E-state index is -4.87. The number of nitrogens with zero attached hydrogens (tertiary/aromatic N) is 1. The lowest BCUT2D eigenvalue weighted by Crippen LogP contribution is -2.40. The second kappa shape index (κ2) is 9.77. The van der Waals surface area contributed by atoms with E-state index in [1.54, 1.807) is 0 Å². The summed E-state index contributed by atoms with van der Waals surface area (Å²) in [5.41, 5.74) is -1.87. The predicted molar refractivity (Wildman–Crippen MR) is 121 cm³/mol. The lowest BCUT2D eigenvalue weighted by molar-refractivity contribution is -0.909. The van der Waals surface area contributed by atoms with Crippen LogP contribution in [0.4, 0.5) is 23.2 Å². The molecular formula is C25H20ClF4N2O4+. The van der Waals surface area contributed by atoms with E-state index in [0.717, 1.165) is 25.1 Å². The molecule has 1 saturated carbocycles. The van der Waals surface area contributed by atoms with E-state index in [2.05, 4.69) is 5.32 Å². The first-order chi connectivity index (χ1) is 17.0. The monoisotopic (exact) mass is 523 g/mol. The molecular weight excluding hydrogens is 504 g/mol. The molecule has 6 nitrogen and oxygen atoms in total. The summed E-state index contributed by atoms with van der Waals surface area (Å²) in [5, 5.41) is 21.8. The van der Waals surface area contributed by atoms with Gasteiger partial charge in [-0.25, -0.2) is 9.18 Å². The number of benzene rings is 2. The largest absolute Gasteiger partial charge is 0.478 e.